The van der Waals surface area contributed by atoms with Crippen LogP contribution in [0, 0.1) is 6.92 Å². The fraction of sp³-hybridized carbons (Fsp3) is 0.167. The standard InChI is InChI=1S/C30H29N3O/c1-22-18-30(28-12-4-5-13-29(28)32-22)33-26-10-6-11-27(20-26)34-17-7-16-31-21-23-14-15-24-8-2-3-9-25(24)19-23/h2-6,8-15,18-20,31H,7,16-17,21H2,1H3,(H,32,33). The minimum absolute atomic E-state index is 0.672. The molecule has 0 spiro atoms. The fourth-order valence-electron chi connectivity index (χ4n) is 4.20. The minimum Gasteiger partial charge on any atom is -0.493 e. The van der Waals surface area contributed by atoms with E-state index in [1.165, 1.54) is 16.3 Å². The van der Waals surface area contributed by atoms with Crippen LogP contribution in [0.3, 0.4) is 0 Å². The first-order valence-corrected chi connectivity index (χ1v) is 11.8. The molecule has 0 amide bonds. The number of hydrogen-bond donors (Lipinski definition) is 2. The summed E-state index contributed by atoms with van der Waals surface area (Å²) in [5, 5.41) is 10.7. The van der Waals surface area contributed by atoms with Crippen molar-refractivity contribution >= 4 is 33.1 Å². The van der Waals surface area contributed by atoms with E-state index >= 15 is 0 Å². The van der Waals surface area contributed by atoms with E-state index in [-0.39, 0.29) is 0 Å². The van der Waals surface area contributed by atoms with Crippen LogP contribution in [0.2, 0.25) is 0 Å². The molecule has 0 saturated carbocycles. The average Bonchev–Trinajstić information content (AvgIpc) is 2.86. The second-order valence-electron chi connectivity index (χ2n) is 8.54. The molecule has 5 rings (SSSR count). The highest BCUT2D eigenvalue weighted by atomic mass is 16.5. The molecule has 4 heteroatoms. The predicted molar refractivity (Wildman–Crippen MR) is 142 cm³/mol. The highest BCUT2D eigenvalue weighted by Crippen LogP contribution is 2.28. The zero-order valence-electron chi connectivity index (χ0n) is 19.4. The van der Waals surface area contributed by atoms with Gasteiger partial charge >= 0.3 is 0 Å². The van der Waals surface area contributed by atoms with Gasteiger partial charge in [-0.3, -0.25) is 4.98 Å². The lowest BCUT2D eigenvalue weighted by Crippen LogP contribution is -2.17. The molecular formula is C30H29N3O. The Morgan fingerprint density at radius 1 is 0.794 bits per heavy atom. The van der Waals surface area contributed by atoms with Crippen LogP contribution >= 0.6 is 0 Å². The first-order chi connectivity index (χ1) is 16.7. The molecule has 0 unspecified atom stereocenters. The van der Waals surface area contributed by atoms with Gasteiger partial charge in [0.05, 0.1) is 12.1 Å². The molecule has 0 aliphatic rings. The Bertz CT molecular complexity index is 1410. The Morgan fingerprint density at radius 3 is 2.59 bits per heavy atom. The number of rotatable bonds is 9. The first-order valence-electron chi connectivity index (χ1n) is 11.8. The van der Waals surface area contributed by atoms with Crippen molar-refractivity contribution in [3.63, 3.8) is 0 Å². The van der Waals surface area contributed by atoms with Gasteiger partial charge in [0.1, 0.15) is 5.75 Å². The Kier molecular flexibility index (Phi) is 6.68. The van der Waals surface area contributed by atoms with E-state index in [0.717, 1.165) is 53.2 Å². The largest absolute Gasteiger partial charge is 0.493 e. The van der Waals surface area contributed by atoms with Gasteiger partial charge in [0.15, 0.2) is 0 Å². The molecule has 1 heterocycles. The number of para-hydroxylation sites is 1. The number of ether oxygens (including phenoxy) is 1. The number of nitrogens with one attached hydrogen (secondary N) is 2. The van der Waals surface area contributed by atoms with Gasteiger partial charge in [-0.15, -0.1) is 0 Å². The van der Waals surface area contributed by atoms with Crippen LogP contribution in [0.5, 0.6) is 5.75 Å². The summed E-state index contributed by atoms with van der Waals surface area (Å²) >= 11 is 0. The number of nitrogens with zero attached hydrogens (tertiary/aromatic N) is 1. The molecule has 0 radical (unpaired) electrons. The molecule has 0 fully saturated rings. The summed E-state index contributed by atoms with van der Waals surface area (Å²) in [6.45, 7) is 4.47. The summed E-state index contributed by atoms with van der Waals surface area (Å²) in [5.74, 6) is 0.870. The zero-order valence-corrected chi connectivity index (χ0v) is 19.4. The molecule has 34 heavy (non-hydrogen) atoms. The molecule has 0 bridgehead atoms. The van der Waals surface area contributed by atoms with Crippen LogP contribution in [0.4, 0.5) is 11.4 Å². The molecule has 2 N–H and O–H groups in total. The van der Waals surface area contributed by atoms with E-state index in [0.29, 0.717) is 6.61 Å². The summed E-state index contributed by atoms with van der Waals surface area (Å²) in [7, 11) is 0. The topological polar surface area (TPSA) is 46.2 Å². The number of fused-ring (bicyclic) bond motifs is 2. The van der Waals surface area contributed by atoms with Gasteiger partial charge < -0.3 is 15.4 Å². The van der Waals surface area contributed by atoms with Crippen LogP contribution in [0.15, 0.2) is 97.1 Å². The number of aromatic nitrogens is 1. The van der Waals surface area contributed by atoms with E-state index in [9.17, 15) is 0 Å². The van der Waals surface area contributed by atoms with Gasteiger partial charge in [-0.1, -0.05) is 60.7 Å². The Balaban J connectivity index is 1.12. The minimum atomic E-state index is 0.672. The Morgan fingerprint density at radius 2 is 1.65 bits per heavy atom. The van der Waals surface area contributed by atoms with E-state index in [1.807, 2.05) is 43.3 Å². The number of benzene rings is 4. The molecule has 0 aliphatic heterocycles. The van der Waals surface area contributed by atoms with Crippen molar-refractivity contribution in [3.8, 4) is 5.75 Å². The predicted octanol–water partition coefficient (Wildman–Crippen LogP) is 7.00. The third kappa shape index (κ3) is 5.36. The van der Waals surface area contributed by atoms with Gasteiger partial charge in [-0.05, 0) is 66.6 Å². The molecular weight excluding hydrogens is 418 g/mol. The Hall–Kier alpha value is -3.89. The summed E-state index contributed by atoms with van der Waals surface area (Å²) in [6, 6.07) is 33.5. The monoisotopic (exact) mass is 447 g/mol. The zero-order chi connectivity index (χ0) is 23.2. The van der Waals surface area contributed by atoms with Crippen LogP contribution in [-0.2, 0) is 6.54 Å². The summed E-state index contributed by atoms with van der Waals surface area (Å²) < 4.78 is 6.01. The number of hydrogen-bond acceptors (Lipinski definition) is 4. The van der Waals surface area contributed by atoms with E-state index < -0.39 is 0 Å². The van der Waals surface area contributed by atoms with Crippen LogP contribution in [-0.4, -0.2) is 18.1 Å². The number of anilines is 2. The van der Waals surface area contributed by atoms with Gasteiger partial charge in [-0.2, -0.15) is 0 Å². The molecule has 0 aliphatic carbocycles. The van der Waals surface area contributed by atoms with Crippen molar-refractivity contribution in [1.82, 2.24) is 10.3 Å². The van der Waals surface area contributed by atoms with Gasteiger partial charge in [0.2, 0.25) is 0 Å². The molecule has 0 saturated heterocycles. The van der Waals surface area contributed by atoms with Crippen molar-refractivity contribution in [2.24, 2.45) is 0 Å². The molecule has 4 nitrogen and oxygen atoms in total. The summed E-state index contributed by atoms with van der Waals surface area (Å²) in [5.41, 5.74) is 5.34. The number of aryl methyl sites for hydroxylation is 1. The van der Waals surface area contributed by atoms with Gasteiger partial charge in [0, 0.05) is 35.1 Å². The summed E-state index contributed by atoms with van der Waals surface area (Å²) in [4.78, 5) is 4.62. The van der Waals surface area contributed by atoms with Crippen molar-refractivity contribution in [2.75, 3.05) is 18.5 Å². The van der Waals surface area contributed by atoms with E-state index in [2.05, 4.69) is 76.3 Å². The van der Waals surface area contributed by atoms with Gasteiger partial charge in [0.25, 0.3) is 0 Å². The number of pyridine rings is 1. The SMILES string of the molecule is Cc1cc(Nc2cccc(OCCCNCc3ccc4ccccc4c3)c2)c2ccccc2n1. The van der Waals surface area contributed by atoms with Crippen LogP contribution in [0.1, 0.15) is 17.7 Å². The smallest absolute Gasteiger partial charge is 0.121 e. The second kappa shape index (κ2) is 10.4. The van der Waals surface area contributed by atoms with E-state index in [1.54, 1.807) is 0 Å². The molecule has 1 aromatic heterocycles. The third-order valence-corrected chi connectivity index (χ3v) is 5.87. The highest BCUT2D eigenvalue weighted by molar-refractivity contribution is 5.93. The van der Waals surface area contributed by atoms with Crippen molar-refractivity contribution in [3.05, 3.63) is 108 Å². The lowest BCUT2D eigenvalue weighted by molar-refractivity contribution is 0.308. The van der Waals surface area contributed by atoms with Crippen molar-refractivity contribution < 1.29 is 4.74 Å². The maximum absolute atomic E-state index is 6.01. The van der Waals surface area contributed by atoms with Gasteiger partial charge in [-0.25, -0.2) is 0 Å². The normalized spacial score (nSPS) is 11.1. The summed E-state index contributed by atoms with van der Waals surface area (Å²) in [6.07, 6.45) is 0.944. The molecule has 0 atom stereocenters. The van der Waals surface area contributed by atoms with Crippen molar-refractivity contribution in [1.29, 1.82) is 0 Å². The molecule has 170 valence electrons. The van der Waals surface area contributed by atoms with Crippen molar-refractivity contribution in [2.45, 2.75) is 19.9 Å². The fourth-order valence-corrected chi connectivity index (χ4v) is 4.20. The third-order valence-electron chi connectivity index (χ3n) is 5.87. The van der Waals surface area contributed by atoms with Crippen LogP contribution in [0.25, 0.3) is 21.7 Å². The Labute approximate surface area is 200 Å². The quantitative estimate of drug-likeness (QED) is 0.239. The first kappa shape index (κ1) is 21.9. The van der Waals surface area contributed by atoms with Crippen LogP contribution < -0.4 is 15.4 Å². The van der Waals surface area contributed by atoms with E-state index in [4.69, 9.17) is 4.74 Å². The highest BCUT2D eigenvalue weighted by Gasteiger charge is 2.05. The maximum Gasteiger partial charge on any atom is 0.121 e. The molecule has 4 aromatic carbocycles. The average molecular weight is 448 g/mol. The lowest BCUT2D eigenvalue weighted by atomic mass is 10.1. The maximum atomic E-state index is 6.01. The lowest BCUT2D eigenvalue weighted by Gasteiger charge is -2.13. The second-order valence-corrected chi connectivity index (χ2v) is 8.54. The molecule has 5 aromatic rings.